The summed E-state index contributed by atoms with van der Waals surface area (Å²) < 4.78 is 36.0. The fraction of sp³-hybridized carbons (Fsp3) is 0.257. The Morgan fingerprint density at radius 3 is 2.09 bits per heavy atom. The zero-order valence-electron chi connectivity index (χ0n) is 26.0. The van der Waals surface area contributed by atoms with E-state index in [1.165, 1.54) is 17.0 Å². The minimum Gasteiger partial charge on any atom is -0.457 e. The van der Waals surface area contributed by atoms with E-state index in [-0.39, 0.29) is 23.0 Å². The van der Waals surface area contributed by atoms with Gasteiger partial charge in [0.15, 0.2) is 0 Å². The molecule has 0 aliphatic carbocycles. The summed E-state index contributed by atoms with van der Waals surface area (Å²) in [6.07, 6.45) is 0. The largest absolute Gasteiger partial charge is 0.457 e. The van der Waals surface area contributed by atoms with Gasteiger partial charge in [0.1, 0.15) is 24.1 Å². The van der Waals surface area contributed by atoms with Gasteiger partial charge < -0.3 is 15.0 Å². The highest BCUT2D eigenvalue weighted by Gasteiger charge is 2.33. The van der Waals surface area contributed by atoms with Crippen LogP contribution in [0.15, 0.2) is 112 Å². The third-order valence-electron chi connectivity index (χ3n) is 6.90. The minimum absolute atomic E-state index is 0.0441. The Bertz CT molecular complexity index is 1720. The summed E-state index contributed by atoms with van der Waals surface area (Å²) >= 11 is 3.47. The minimum atomic E-state index is -4.19. The van der Waals surface area contributed by atoms with Crippen molar-refractivity contribution in [1.82, 2.24) is 10.2 Å². The first-order chi connectivity index (χ1) is 21.2. The van der Waals surface area contributed by atoms with Gasteiger partial charge in [0.25, 0.3) is 10.0 Å². The number of para-hydroxylation sites is 1. The molecule has 236 valence electrons. The molecule has 4 aromatic rings. The number of rotatable bonds is 11. The molecule has 4 aromatic carbocycles. The standard InChI is InChI=1S/C35H38BrN3O5S/c1-25-14-20-32(21-15-25)45(42,43)39(29-16-18-31(19-17-29)44-30-12-7-6-8-13-30)24-33(40)38(23-27-10-9-11-28(36)22-27)26(2)34(41)37-35(3,4)5/h6-22,26H,23-24H2,1-5H3,(H,37,41)/t26-/m1/s1. The number of halogens is 1. The molecule has 0 bridgehead atoms. The number of anilines is 1. The highest BCUT2D eigenvalue weighted by molar-refractivity contribution is 9.10. The predicted octanol–water partition coefficient (Wildman–Crippen LogP) is 7.08. The predicted molar refractivity (Wildman–Crippen MR) is 181 cm³/mol. The smallest absolute Gasteiger partial charge is 0.264 e. The van der Waals surface area contributed by atoms with Gasteiger partial charge in [0.05, 0.1) is 10.6 Å². The number of sulfonamides is 1. The monoisotopic (exact) mass is 691 g/mol. The quantitative estimate of drug-likeness (QED) is 0.181. The van der Waals surface area contributed by atoms with Crippen LogP contribution in [-0.2, 0) is 26.2 Å². The van der Waals surface area contributed by atoms with E-state index in [0.717, 1.165) is 19.9 Å². The van der Waals surface area contributed by atoms with Crippen molar-refractivity contribution in [2.24, 2.45) is 0 Å². The van der Waals surface area contributed by atoms with Crippen LogP contribution in [0.3, 0.4) is 0 Å². The van der Waals surface area contributed by atoms with Gasteiger partial charge in [-0.1, -0.05) is 64.0 Å². The van der Waals surface area contributed by atoms with Crippen LogP contribution in [0.25, 0.3) is 0 Å². The van der Waals surface area contributed by atoms with Gasteiger partial charge in [-0.25, -0.2) is 8.42 Å². The van der Waals surface area contributed by atoms with Crippen molar-refractivity contribution in [3.63, 3.8) is 0 Å². The Morgan fingerprint density at radius 1 is 0.867 bits per heavy atom. The van der Waals surface area contributed by atoms with Gasteiger partial charge in [0, 0.05) is 16.6 Å². The number of nitrogens with zero attached hydrogens (tertiary/aromatic N) is 2. The molecular weight excluding hydrogens is 654 g/mol. The molecule has 45 heavy (non-hydrogen) atoms. The molecule has 0 saturated heterocycles. The molecule has 0 radical (unpaired) electrons. The van der Waals surface area contributed by atoms with E-state index in [1.54, 1.807) is 43.3 Å². The summed E-state index contributed by atoms with van der Waals surface area (Å²) in [6, 6.07) is 28.7. The van der Waals surface area contributed by atoms with Crippen molar-refractivity contribution in [2.75, 3.05) is 10.8 Å². The molecule has 0 saturated carbocycles. The summed E-state index contributed by atoms with van der Waals surface area (Å²) in [5.41, 5.74) is 1.43. The lowest BCUT2D eigenvalue weighted by atomic mass is 10.1. The van der Waals surface area contributed by atoms with Crippen LogP contribution in [0.5, 0.6) is 11.5 Å². The van der Waals surface area contributed by atoms with Gasteiger partial charge in [-0.3, -0.25) is 13.9 Å². The van der Waals surface area contributed by atoms with Crippen molar-refractivity contribution >= 4 is 43.5 Å². The number of amides is 2. The number of ether oxygens (including phenoxy) is 1. The first-order valence-corrected chi connectivity index (χ1v) is 16.7. The molecule has 4 rings (SSSR count). The van der Waals surface area contributed by atoms with Crippen LogP contribution >= 0.6 is 15.9 Å². The highest BCUT2D eigenvalue weighted by Crippen LogP contribution is 2.29. The average Bonchev–Trinajstić information content (AvgIpc) is 2.98. The molecule has 0 aromatic heterocycles. The molecule has 0 heterocycles. The number of carbonyl (C=O) groups is 2. The van der Waals surface area contributed by atoms with Crippen molar-refractivity contribution < 1.29 is 22.7 Å². The summed E-state index contributed by atoms with van der Waals surface area (Å²) in [7, 11) is -4.19. The second kappa shape index (κ2) is 14.3. The fourth-order valence-electron chi connectivity index (χ4n) is 4.56. The lowest BCUT2D eigenvalue weighted by Crippen LogP contribution is -2.54. The van der Waals surface area contributed by atoms with Crippen molar-refractivity contribution in [2.45, 2.75) is 57.6 Å². The molecular formula is C35H38BrN3O5S. The number of hydrogen-bond acceptors (Lipinski definition) is 5. The number of nitrogens with one attached hydrogen (secondary N) is 1. The maximum atomic E-state index is 14.2. The molecule has 0 aliphatic rings. The molecule has 0 unspecified atom stereocenters. The van der Waals surface area contributed by atoms with Crippen molar-refractivity contribution in [3.05, 3.63) is 119 Å². The summed E-state index contributed by atoms with van der Waals surface area (Å²) in [6.45, 7) is 8.66. The lowest BCUT2D eigenvalue weighted by molar-refractivity contribution is -0.140. The molecule has 8 nitrogen and oxygen atoms in total. The Labute approximate surface area is 274 Å². The second-order valence-corrected chi connectivity index (χ2v) is 14.6. The summed E-state index contributed by atoms with van der Waals surface area (Å²) in [5.74, 6) is 0.260. The van der Waals surface area contributed by atoms with Gasteiger partial charge >= 0.3 is 0 Å². The van der Waals surface area contributed by atoms with Crippen LogP contribution in [-0.4, -0.2) is 43.3 Å². The third-order valence-corrected chi connectivity index (χ3v) is 9.18. The maximum Gasteiger partial charge on any atom is 0.264 e. The van der Waals surface area contributed by atoms with Crippen molar-refractivity contribution in [3.8, 4) is 11.5 Å². The third kappa shape index (κ3) is 9.18. The van der Waals surface area contributed by atoms with E-state index in [2.05, 4.69) is 21.2 Å². The van der Waals surface area contributed by atoms with E-state index in [1.807, 2.05) is 82.3 Å². The second-order valence-electron chi connectivity index (χ2n) is 11.8. The molecule has 0 fully saturated rings. The van der Waals surface area contributed by atoms with E-state index >= 15 is 0 Å². The summed E-state index contributed by atoms with van der Waals surface area (Å²) in [4.78, 5) is 28.9. The number of carbonyl (C=O) groups excluding carboxylic acids is 2. The Morgan fingerprint density at radius 2 is 1.49 bits per heavy atom. The fourth-order valence-corrected chi connectivity index (χ4v) is 6.42. The molecule has 2 amide bonds. The first-order valence-electron chi connectivity index (χ1n) is 14.5. The van der Waals surface area contributed by atoms with E-state index in [4.69, 9.17) is 4.74 Å². The Kier molecular flexibility index (Phi) is 10.7. The maximum absolute atomic E-state index is 14.2. The molecule has 0 aliphatic heterocycles. The first kappa shape index (κ1) is 33.7. The average molecular weight is 693 g/mol. The number of benzene rings is 4. The topological polar surface area (TPSA) is 96.0 Å². The van der Waals surface area contributed by atoms with Gasteiger partial charge in [-0.15, -0.1) is 0 Å². The van der Waals surface area contributed by atoms with Gasteiger partial charge in [-0.05, 0) is 101 Å². The molecule has 0 spiro atoms. The normalized spacial score (nSPS) is 12.2. The van der Waals surface area contributed by atoms with Gasteiger partial charge in [0.2, 0.25) is 11.8 Å². The Balaban J connectivity index is 1.71. The van der Waals surface area contributed by atoms with Crippen LogP contribution in [0, 0.1) is 6.92 Å². The molecule has 1 N–H and O–H groups in total. The van der Waals surface area contributed by atoms with E-state index in [0.29, 0.717) is 11.5 Å². The summed E-state index contributed by atoms with van der Waals surface area (Å²) in [5, 5.41) is 2.94. The zero-order valence-corrected chi connectivity index (χ0v) is 28.4. The van der Waals surface area contributed by atoms with Crippen LogP contribution < -0.4 is 14.4 Å². The van der Waals surface area contributed by atoms with E-state index in [9.17, 15) is 18.0 Å². The molecule has 1 atom stereocenters. The number of hydrogen-bond donors (Lipinski definition) is 1. The van der Waals surface area contributed by atoms with Crippen LogP contribution in [0.4, 0.5) is 5.69 Å². The SMILES string of the molecule is Cc1ccc(S(=O)(=O)N(CC(=O)N(Cc2cccc(Br)c2)[C@H](C)C(=O)NC(C)(C)C)c2ccc(Oc3ccccc3)cc2)cc1. The number of aryl methyl sites for hydroxylation is 1. The molecule has 10 heteroatoms. The zero-order chi connectivity index (χ0) is 32.8. The van der Waals surface area contributed by atoms with Crippen LogP contribution in [0.2, 0.25) is 0 Å². The van der Waals surface area contributed by atoms with Gasteiger partial charge in [-0.2, -0.15) is 0 Å². The highest BCUT2D eigenvalue weighted by atomic mass is 79.9. The lowest BCUT2D eigenvalue weighted by Gasteiger charge is -2.33. The Hall–Kier alpha value is -4.15. The van der Waals surface area contributed by atoms with Crippen molar-refractivity contribution in [1.29, 1.82) is 0 Å². The van der Waals surface area contributed by atoms with E-state index < -0.39 is 34.1 Å². The van der Waals surface area contributed by atoms with Crippen LogP contribution in [0.1, 0.15) is 38.8 Å².